The lowest BCUT2D eigenvalue weighted by atomic mass is 10.1. The van der Waals surface area contributed by atoms with Gasteiger partial charge in [-0.15, -0.1) is 0 Å². The van der Waals surface area contributed by atoms with Crippen molar-refractivity contribution in [2.45, 2.75) is 6.61 Å². The van der Waals surface area contributed by atoms with Crippen molar-refractivity contribution >= 4 is 17.2 Å². The van der Waals surface area contributed by atoms with Crippen LogP contribution in [0, 0.1) is 0 Å². The molecule has 0 spiro atoms. The first-order valence-corrected chi connectivity index (χ1v) is 7.05. The van der Waals surface area contributed by atoms with Gasteiger partial charge in [0.05, 0.1) is 11.4 Å². The van der Waals surface area contributed by atoms with E-state index < -0.39 is 0 Å². The van der Waals surface area contributed by atoms with Crippen molar-refractivity contribution in [3.63, 3.8) is 0 Å². The topological polar surface area (TPSA) is 38.7 Å². The number of ether oxygens (including phenoxy) is 1. The number of ketones is 1. The Balaban J connectivity index is 1.63. The van der Waals surface area contributed by atoms with Crippen LogP contribution in [0.3, 0.4) is 0 Å². The van der Waals surface area contributed by atoms with E-state index in [1.165, 1.54) is 12.2 Å². The monoisotopic (exact) mass is 289 g/mol. The molecule has 0 radical (unpaired) electrons. The molecular formula is C19H15NO2. The molecule has 2 aromatic rings. The van der Waals surface area contributed by atoms with E-state index in [0.29, 0.717) is 6.61 Å². The molecule has 3 nitrogen and oxygen atoms in total. The molecule has 0 saturated carbocycles. The van der Waals surface area contributed by atoms with Gasteiger partial charge in [-0.25, -0.2) is 4.99 Å². The molecule has 0 saturated heterocycles. The quantitative estimate of drug-likeness (QED) is 0.797. The second-order valence-corrected chi connectivity index (χ2v) is 4.87. The third-order valence-corrected chi connectivity index (χ3v) is 3.18. The van der Waals surface area contributed by atoms with Crippen LogP contribution in [0.4, 0.5) is 5.69 Å². The number of benzene rings is 2. The Kier molecular flexibility index (Phi) is 4.25. The lowest BCUT2D eigenvalue weighted by Crippen LogP contribution is -1.98. The molecule has 3 heteroatoms. The van der Waals surface area contributed by atoms with Crippen molar-refractivity contribution in [1.82, 2.24) is 0 Å². The fourth-order valence-corrected chi connectivity index (χ4v) is 2.03. The predicted molar refractivity (Wildman–Crippen MR) is 87.6 cm³/mol. The zero-order valence-corrected chi connectivity index (χ0v) is 12.0. The molecule has 0 fully saturated rings. The van der Waals surface area contributed by atoms with Gasteiger partial charge in [-0.3, -0.25) is 4.79 Å². The molecule has 1 aliphatic carbocycles. The van der Waals surface area contributed by atoms with Crippen LogP contribution in [0.5, 0.6) is 5.75 Å². The fraction of sp³-hybridized carbons (Fsp3) is 0.0526. The lowest BCUT2D eigenvalue weighted by molar-refractivity contribution is -0.110. The van der Waals surface area contributed by atoms with Crippen LogP contribution in [0.15, 0.2) is 83.9 Å². The normalized spacial score (nSPS) is 13.3. The van der Waals surface area contributed by atoms with E-state index in [0.717, 1.165) is 22.7 Å². The molecule has 1 aliphatic rings. The number of allylic oxidation sites excluding steroid dienone is 4. The van der Waals surface area contributed by atoms with Gasteiger partial charge >= 0.3 is 0 Å². The highest BCUT2D eigenvalue weighted by Gasteiger charge is 2.00. The van der Waals surface area contributed by atoms with Gasteiger partial charge in [0, 0.05) is 0 Å². The van der Waals surface area contributed by atoms with Gasteiger partial charge < -0.3 is 4.74 Å². The number of carbonyl (C=O) groups is 1. The maximum atomic E-state index is 11.0. The minimum atomic E-state index is -0.0105. The van der Waals surface area contributed by atoms with Gasteiger partial charge in [-0.05, 0) is 54.1 Å². The summed E-state index contributed by atoms with van der Waals surface area (Å²) < 4.78 is 5.73. The van der Waals surface area contributed by atoms with Crippen LogP contribution < -0.4 is 4.74 Å². The first kappa shape index (κ1) is 14.0. The van der Waals surface area contributed by atoms with Crippen LogP contribution in [0.1, 0.15) is 5.56 Å². The Morgan fingerprint density at radius 1 is 0.818 bits per heavy atom. The Morgan fingerprint density at radius 3 is 2.18 bits per heavy atom. The highest BCUT2D eigenvalue weighted by molar-refractivity contribution is 6.17. The average molecular weight is 289 g/mol. The Morgan fingerprint density at radius 2 is 1.50 bits per heavy atom. The highest BCUT2D eigenvalue weighted by atomic mass is 16.5. The third kappa shape index (κ3) is 3.79. The molecule has 0 aliphatic heterocycles. The van der Waals surface area contributed by atoms with Crippen LogP contribution >= 0.6 is 0 Å². The lowest BCUT2D eigenvalue weighted by Gasteiger charge is -2.06. The van der Waals surface area contributed by atoms with Crippen LogP contribution in [-0.2, 0) is 11.4 Å². The molecular weight excluding hydrogens is 274 g/mol. The summed E-state index contributed by atoms with van der Waals surface area (Å²) >= 11 is 0. The molecule has 2 aromatic carbocycles. The number of rotatable bonds is 4. The number of hydrogen-bond acceptors (Lipinski definition) is 3. The zero-order chi connectivity index (χ0) is 15.2. The average Bonchev–Trinajstić information content (AvgIpc) is 2.57. The Bertz CT molecular complexity index is 723. The van der Waals surface area contributed by atoms with E-state index >= 15 is 0 Å². The second kappa shape index (κ2) is 6.68. The molecule has 0 N–H and O–H groups in total. The van der Waals surface area contributed by atoms with E-state index in [4.69, 9.17) is 4.74 Å². The molecule has 0 amide bonds. The molecule has 0 atom stereocenters. The molecule has 0 unspecified atom stereocenters. The fourth-order valence-electron chi connectivity index (χ4n) is 2.03. The Hall–Kier alpha value is -2.94. The SMILES string of the molecule is O=C1C=CC(=Nc2ccc(OCc3ccccc3)cc2)C=C1. The molecule has 22 heavy (non-hydrogen) atoms. The summed E-state index contributed by atoms with van der Waals surface area (Å²) in [5.41, 5.74) is 2.72. The van der Waals surface area contributed by atoms with Crippen molar-refractivity contribution in [2.75, 3.05) is 0 Å². The van der Waals surface area contributed by atoms with E-state index in [1.807, 2.05) is 54.6 Å². The highest BCUT2D eigenvalue weighted by Crippen LogP contribution is 2.20. The number of hydrogen-bond donors (Lipinski definition) is 0. The molecule has 0 bridgehead atoms. The van der Waals surface area contributed by atoms with Gasteiger partial charge in [-0.1, -0.05) is 30.3 Å². The minimum absolute atomic E-state index is 0.0105. The number of aliphatic imine (C=N–C) groups is 1. The van der Waals surface area contributed by atoms with Crippen LogP contribution in [0.2, 0.25) is 0 Å². The third-order valence-electron chi connectivity index (χ3n) is 3.18. The van der Waals surface area contributed by atoms with Crippen LogP contribution in [-0.4, -0.2) is 11.5 Å². The number of carbonyl (C=O) groups excluding carboxylic acids is 1. The summed E-state index contributed by atoms with van der Waals surface area (Å²) in [4.78, 5) is 15.5. The van der Waals surface area contributed by atoms with E-state index in [-0.39, 0.29) is 5.78 Å². The standard InChI is InChI=1S/C19H15NO2/c21-18-10-6-16(7-11-18)20-17-8-12-19(13-9-17)22-14-15-4-2-1-3-5-15/h1-13H,14H2. The van der Waals surface area contributed by atoms with E-state index in [9.17, 15) is 4.79 Å². The molecule has 0 heterocycles. The molecule has 0 aromatic heterocycles. The predicted octanol–water partition coefficient (Wildman–Crippen LogP) is 4.03. The van der Waals surface area contributed by atoms with Crippen molar-refractivity contribution in [2.24, 2.45) is 4.99 Å². The van der Waals surface area contributed by atoms with Gasteiger partial charge in [-0.2, -0.15) is 0 Å². The summed E-state index contributed by atoms with van der Waals surface area (Å²) in [5.74, 6) is 0.793. The summed E-state index contributed by atoms with van der Waals surface area (Å²) in [6, 6.07) is 17.6. The van der Waals surface area contributed by atoms with Crippen LogP contribution in [0.25, 0.3) is 0 Å². The largest absolute Gasteiger partial charge is 0.489 e. The second-order valence-electron chi connectivity index (χ2n) is 4.87. The first-order valence-electron chi connectivity index (χ1n) is 7.05. The van der Waals surface area contributed by atoms with Crippen molar-refractivity contribution in [1.29, 1.82) is 0 Å². The van der Waals surface area contributed by atoms with E-state index in [1.54, 1.807) is 12.2 Å². The summed E-state index contributed by atoms with van der Waals surface area (Å²) in [6.45, 7) is 0.544. The van der Waals surface area contributed by atoms with Gasteiger partial charge in [0.2, 0.25) is 0 Å². The van der Waals surface area contributed by atoms with Crippen molar-refractivity contribution in [3.05, 3.63) is 84.5 Å². The first-order chi connectivity index (χ1) is 10.8. The summed E-state index contributed by atoms with van der Waals surface area (Å²) in [7, 11) is 0. The van der Waals surface area contributed by atoms with Gasteiger partial charge in [0.15, 0.2) is 5.78 Å². The maximum Gasteiger partial charge on any atom is 0.178 e. The van der Waals surface area contributed by atoms with Gasteiger partial charge in [0.25, 0.3) is 0 Å². The van der Waals surface area contributed by atoms with Crippen molar-refractivity contribution < 1.29 is 9.53 Å². The maximum absolute atomic E-state index is 11.0. The smallest absolute Gasteiger partial charge is 0.178 e. The number of nitrogens with zero attached hydrogens (tertiary/aromatic N) is 1. The summed E-state index contributed by atoms with van der Waals surface area (Å²) in [5, 5.41) is 0. The minimum Gasteiger partial charge on any atom is -0.489 e. The molecule has 3 rings (SSSR count). The summed E-state index contributed by atoms with van der Waals surface area (Å²) in [6.07, 6.45) is 6.44. The van der Waals surface area contributed by atoms with E-state index in [2.05, 4.69) is 4.99 Å². The van der Waals surface area contributed by atoms with Gasteiger partial charge in [0.1, 0.15) is 12.4 Å². The zero-order valence-electron chi connectivity index (χ0n) is 12.0. The van der Waals surface area contributed by atoms with Crippen molar-refractivity contribution in [3.8, 4) is 5.75 Å². The molecule has 108 valence electrons. The Labute approximate surface area is 129 Å².